The van der Waals surface area contributed by atoms with Gasteiger partial charge in [0.25, 0.3) is 0 Å². The topological polar surface area (TPSA) is 240 Å². The fraction of sp³-hybridized carbons (Fsp3) is 0.325. The summed E-state index contributed by atoms with van der Waals surface area (Å²) >= 11 is 0. The number of aliphatic hydroxyl groups is 1. The highest BCUT2D eigenvalue weighted by molar-refractivity contribution is 5.89. The minimum atomic E-state index is -1.48. The maximum absolute atomic E-state index is 13.7. The van der Waals surface area contributed by atoms with Crippen molar-refractivity contribution in [3.05, 3.63) is 129 Å². The van der Waals surface area contributed by atoms with Crippen LogP contribution in [0.25, 0.3) is 22.5 Å². The second-order valence-corrected chi connectivity index (χ2v) is 13.9. The Labute approximate surface area is 336 Å². The van der Waals surface area contributed by atoms with Crippen LogP contribution in [0.1, 0.15) is 90.6 Å². The second-order valence-electron chi connectivity index (χ2n) is 13.9. The molecule has 1 unspecified atom stereocenters. The molecule has 0 aliphatic rings. The van der Waals surface area contributed by atoms with Crippen molar-refractivity contribution in [1.82, 2.24) is 35.1 Å². The first-order chi connectivity index (χ1) is 28.2. The molecule has 59 heavy (non-hydrogen) atoms. The fourth-order valence-corrected chi connectivity index (χ4v) is 6.14. The van der Waals surface area contributed by atoms with Crippen molar-refractivity contribution in [1.29, 1.82) is 0 Å². The predicted octanol–water partition coefficient (Wildman–Crippen LogP) is 6.03. The highest BCUT2D eigenvalue weighted by Gasteiger charge is 2.33. The summed E-state index contributed by atoms with van der Waals surface area (Å²) in [6, 6.07) is 21.9. The molecule has 0 saturated heterocycles. The summed E-state index contributed by atoms with van der Waals surface area (Å²) in [5.74, 6) is -0.520. The highest BCUT2D eigenvalue weighted by Crippen LogP contribution is 2.32. The van der Waals surface area contributed by atoms with E-state index in [1.54, 1.807) is 49.6 Å². The Morgan fingerprint density at radius 2 is 1.59 bits per heavy atom. The summed E-state index contributed by atoms with van der Waals surface area (Å²) in [6.45, 7) is 7.68. The van der Waals surface area contributed by atoms with Crippen LogP contribution in [0.2, 0.25) is 0 Å². The van der Waals surface area contributed by atoms with Crippen molar-refractivity contribution < 1.29 is 53.0 Å². The van der Waals surface area contributed by atoms with Crippen molar-refractivity contribution in [3.8, 4) is 22.5 Å². The molecule has 19 heteroatoms. The molecule has 19 nitrogen and oxygen atoms in total. The van der Waals surface area contributed by atoms with Gasteiger partial charge in [-0.1, -0.05) is 79.7 Å². The molecule has 0 saturated carbocycles. The molecule has 0 spiro atoms. The Morgan fingerprint density at radius 3 is 2.24 bits per heavy atom. The highest BCUT2D eigenvalue weighted by atomic mass is 17.1. The zero-order valence-electron chi connectivity index (χ0n) is 32.9. The number of nitrogens with zero attached hydrogens (tertiary/aromatic N) is 7. The Kier molecular flexibility index (Phi) is 13.1. The fourth-order valence-electron chi connectivity index (χ4n) is 6.14. The summed E-state index contributed by atoms with van der Waals surface area (Å²) in [7, 11) is 0. The number of esters is 1. The third-order valence-electron chi connectivity index (χ3n) is 9.06. The Balaban J connectivity index is 1.17. The van der Waals surface area contributed by atoms with Crippen LogP contribution in [0.15, 0.2) is 86.4 Å². The van der Waals surface area contributed by atoms with Crippen molar-refractivity contribution in [2.45, 2.75) is 85.7 Å². The van der Waals surface area contributed by atoms with Crippen molar-refractivity contribution >= 4 is 12.1 Å². The summed E-state index contributed by atoms with van der Waals surface area (Å²) < 4.78 is 27.8. The van der Waals surface area contributed by atoms with Crippen LogP contribution in [0.3, 0.4) is 0 Å². The van der Waals surface area contributed by atoms with Gasteiger partial charge in [-0.15, -0.1) is 15.0 Å². The van der Waals surface area contributed by atoms with E-state index in [0.29, 0.717) is 28.9 Å². The SMILES string of the molecule is CCCc1nc(C(C)(C)O)c(C(=O)OCc2oc(=O)oc2C)n1Cc1ccc(-c2ccccc2-c2nnn(C(C)OC(=O)OCc3ccccc3CON(O)O)n2)cc1. The molecule has 0 bridgehead atoms. The third kappa shape index (κ3) is 10.3. The molecule has 6 aromatic rings. The van der Waals surface area contributed by atoms with Gasteiger partial charge in [0, 0.05) is 18.5 Å². The normalized spacial score (nSPS) is 12.2. The van der Waals surface area contributed by atoms with Gasteiger partial charge in [0.1, 0.15) is 23.7 Å². The molecular weight excluding hydrogens is 770 g/mol. The zero-order chi connectivity index (χ0) is 42.3. The van der Waals surface area contributed by atoms with E-state index in [2.05, 4.69) is 25.2 Å². The first-order valence-corrected chi connectivity index (χ1v) is 18.5. The second kappa shape index (κ2) is 18.4. The standard InChI is InChI=1S/C40H43N7O12/c1-6-11-33-41-35(40(4,5)51)34(37(48)54-23-32-24(2)57-39(50)59-32)45(33)20-26-16-18-27(19-17-26)30-14-9-10-15-31(30)36-42-44-46(43-36)25(3)58-38(49)55-21-28-12-7-8-13-29(28)22-56-47(52)53/h7-10,12-19,25,51-53H,6,11,20-23H2,1-5H3. The van der Waals surface area contributed by atoms with E-state index in [-0.39, 0.29) is 55.1 Å². The number of aromatic nitrogens is 6. The lowest BCUT2D eigenvalue weighted by Gasteiger charge is -2.17. The van der Waals surface area contributed by atoms with Gasteiger partial charge in [0.2, 0.25) is 12.1 Å². The van der Waals surface area contributed by atoms with E-state index >= 15 is 0 Å². The number of hydrogen-bond acceptors (Lipinski definition) is 17. The lowest BCUT2D eigenvalue weighted by molar-refractivity contribution is -0.497. The molecule has 0 radical (unpaired) electrons. The average molecular weight is 814 g/mol. The van der Waals surface area contributed by atoms with Crippen molar-refractivity contribution in [3.63, 3.8) is 0 Å². The number of imidazole rings is 1. The van der Waals surface area contributed by atoms with Crippen LogP contribution >= 0.6 is 0 Å². The molecule has 0 amide bonds. The number of tetrazole rings is 1. The minimum Gasteiger partial charge on any atom is -0.453 e. The van der Waals surface area contributed by atoms with Crippen LogP contribution in [-0.2, 0) is 57.4 Å². The van der Waals surface area contributed by atoms with E-state index in [4.69, 9.17) is 33.5 Å². The van der Waals surface area contributed by atoms with Gasteiger partial charge in [0.05, 0.1) is 12.0 Å². The van der Waals surface area contributed by atoms with Crippen LogP contribution in [0.5, 0.6) is 0 Å². The number of rotatable bonds is 17. The van der Waals surface area contributed by atoms with Gasteiger partial charge in [-0.05, 0) is 67.1 Å². The Hall–Kier alpha value is -6.51. The van der Waals surface area contributed by atoms with Crippen molar-refractivity contribution in [2.75, 3.05) is 0 Å². The van der Waals surface area contributed by atoms with E-state index in [1.807, 2.05) is 55.5 Å². The first-order valence-electron chi connectivity index (χ1n) is 18.5. The quantitative estimate of drug-likeness (QED) is 0.0704. The van der Waals surface area contributed by atoms with E-state index in [9.17, 15) is 19.5 Å². The lowest BCUT2D eigenvalue weighted by atomic mass is 9.98. The molecule has 0 aliphatic heterocycles. The third-order valence-corrected chi connectivity index (χ3v) is 9.06. The maximum Gasteiger partial charge on any atom is 0.519 e. The molecule has 1 atom stereocenters. The van der Waals surface area contributed by atoms with Gasteiger partial charge in [-0.3, -0.25) is 10.4 Å². The molecule has 3 aromatic carbocycles. The summed E-state index contributed by atoms with van der Waals surface area (Å²) in [4.78, 5) is 48.3. The molecule has 0 fully saturated rings. The van der Waals surface area contributed by atoms with Crippen LogP contribution < -0.4 is 5.82 Å². The van der Waals surface area contributed by atoms with Gasteiger partial charge < -0.3 is 32.7 Å². The van der Waals surface area contributed by atoms with Gasteiger partial charge in [-0.25, -0.2) is 24.2 Å². The van der Waals surface area contributed by atoms with Gasteiger partial charge in [-0.2, -0.15) is 0 Å². The van der Waals surface area contributed by atoms with E-state index in [1.165, 1.54) is 6.92 Å². The zero-order valence-corrected chi connectivity index (χ0v) is 32.9. The molecule has 6 rings (SSSR count). The predicted molar refractivity (Wildman–Crippen MR) is 203 cm³/mol. The number of hydrogen-bond donors (Lipinski definition) is 3. The monoisotopic (exact) mass is 813 g/mol. The van der Waals surface area contributed by atoms with Crippen molar-refractivity contribution in [2.24, 2.45) is 0 Å². The van der Waals surface area contributed by atoms with Crippen LogP contribution in [-0.4, -0.2) is 62.8 Å². The van der Waals surface area contributed by atoms with Crippen LogP contribution in [0, 0.1) is 6.92 Å². The van der Waals surface area contributed by atoms with E-state index < -0.39 is 35.2 Å². The van der Waals surface area contributed by atoms with E-state index in [0.717, 1.165) is 27.9 Å². The lowest BCUT2D eigenvalue weighted by Crippen LogP contribution is -2.23. The Morgan fingerprint density at radius 1 is 0.915 bits per heavy atom. The molecular formula is C40H43N7O12. The smallest absolute Gasteiger partial charge is 0.453 e. The molecule has 3 heterocycles. The summed E-state index contributed by atoms with van der Waals surface area (Å²) in [6.07, 6.45) is -0.724. The molecule has 0 aliphatic carbocycles. The summed E-state index contributed by atoms with van der Waals surface area (Å²) in [5.41, 5.74) is 2.99. The number of aryl methyl sites for hydroxylation is 2. The molecule has 310 valence electrons. The number of benzene rings is 3. The van der Waals surface area contributed by atoms with Gasteiger partial charge in [0.15, 0.2) is 23.8 Å². The Bertz CT molecular complexity index is 2440. The largest absolute Gasteiger partial charge is 0.519 e. The molecule has 3 N–H and O–H groups in total. The first kappa shape index (κ1) is 42.1. The number of carbonyl (C=O) groups is 2. The minimum absolute atomic E-state index is 0.0770. The average Bonchev–Trinajstić information content (AvgIpc) is 3.93. The summed E-state index contributed by atoms with van der Waals surface area (Å²) in [5, 5.41) is 41.2. The van der Waals surface area contributed by atoms with Gasteiger partial charge >= 0.3 is 17.9 Å². The number of carbonyl (C=O) groups excluding carboxylic acids is 2. The molecule has 3 aromatic heterocycles. The number of ether oxygens (including phenoxy) is 3. The maximum atomic E-state index is 13.7. The van der Waals surface area contributed by atoms with Crippen LogP contribution in [0.4, 0.5) is 4.79 Å².